The summed E-state index contributed by atoms with van der Waals surface area (Å²) in [7, 11) is 0. The molecule has 1 aromatic rings. The molecule has 1 spiro atoms. The average molecular weight is 403 g/mol. The number of carbonyl (C=O) groups excluding carboxylic acids is 1. The van der Waals surface area contributed by atoms with E-state index in [0.717, 1.165) is 38.5 Å². The van der Waals surface area contributed by atoms with Crippen molar-refractivity contribution in [2.45, 2.75) is 69.9 Å². The van der Waals surface area contributed by atoms with Gasteiger partial charge in [0.05, 0.1) is 6.61 Å². The standard InChI is InChI=1S/C13H19NO.C11H16FNO/c1-2-15-13-6-4-3-5-12(13)11-7-9-14-10-8-11;12-11(5-6-11)9(14)13-7-10(8-13)3-1-2-4-10/h3-6,11,14H,2,7-10H2,1H3;1-8H2. The Kier molecular flexibility index (Phi) is 6.14. The monoisotopic (exact) mass is 402 g/mol. The first-order valence-corrected chi connectivity index (χ1v) is 11.5. The highest BCUT2D eigenvalue weighted by Crippen LogP contribution is 2.49. The topological polar surface area (TPSA) is 41.6 Å². The first-order valence-electron chi connectivity index (χ1n) is 11.5. The second-order valence-corrected chi connectivity index (χ2v) is 9.33. The van der Waals surface area contributed by atoms with Crippen molar-refractivity contribution in [3.63, 3.8) is 0 Å². The Labute approximate surface area is 174 Å². The van der Waals surface area contributed by atoms with Crippen LogP contribution in [-0.4, -0.2) is 49.3 Å². The average Bonchev–Trinajstić information content (AvgIpc) is 3.28. The second-order valence-electron chi connectivity index (χ2n) is 9.33. The largest absolute Gasteiger partial charge is 0.494 e. The van der Waals surface area contributed by atoms with E-state index in [9.17, 15) is 9.18 Å². The van der Waals surface area contributed by atoms with E-state index in [1.54, 1.807) is 4.90 Å². The Morgan fingerprint density at radius 2 is 1.79 bits per heavy atom. The van der Waals surface area contributed by atoms with E-state index in [-0.39, 0.29) is 5.91 Å². The molecule has 0 bridgehead atoms. The van der Waals surface area contributed by atoms with Gasteiger partial charge in [0.1, 0.15) is 5.75 Å². The van der Waals surface area contributed by atoms with Crippen LogP contribution in [0.1, 0.15) is 69.8 Å². The number of hydrogen-bond acceptors (Lipinski definition) is 3. The van der Waals surface area contributed by atoms with Crippen LogP contribution in [0.25, 0.3) is 0 Å². The number of nitrogens with one attached hydrogen (secondary N) is 1. The molecule has 0 radical (unpaired) electrons. The van der Waals surface area contributed by atoms with Crippen molar-refractivity contribution in [1.29, 1.82) is 0 Å². The third kappa shape index (κ3) is 4.60. The van der Waals surface area contributed by atoms with Crippen LogP contribution in [0.15, 0.2) is 24.3 Å². The molecule has 1 aromatic carbocycles. The van der Waals surface area contributed by atoms with Gasteiger partial charge in [-0.3, -0.25) is 4.79 Å². The van der Waals surface area contributed by atoms with E-state index < -0.39 is 5.67 Å². The molecule has 2 aliphatic heterocycles. The van der Waals surface area contributed by atoms with Gasteiger partial charge in [-0.1, -0.05) is 31.0 Å². The number of para-hydroxylation sites is 1. The number of nitrogens with zero attached hydrogens (tertiary/aromatic N) is 1. The van der Waals surface area contributed by atoms with Crippen LogP contribution in [0.4, 0.5) is 4.39 Å². The van der Waals surface area contributed by atoms with Crippen LogP contribution in [0.3, 0.4) is 0 Å². The number of carbonyl (C=O) groups is 1. The minimum atomic E-state index is -1.44. The lowest BCUT2D eigenvalue weighted by atomic mass is 9.78. The van der Waals surface area contributed by atoms with E-state index in [2.05, 4.69) is 29.6 Å². The normalized spacial score (nSPS) is 24.4. The quantitative estimate of drug-likeness (QED) is 0.809. The predicted octanol–water partition coefficient (Wildman–Crippen LogP) is 4.44. The van der Waals surface area contributed by atoms with Gasteiger partial charge in [0.15, 0.2) is 5.67 Å². The molecule has 0 atom stereocenters. The molecule has 2 aliphatic carbocycles. The smallest absolute Gasteiger partial charge is 0.260 e. The summed E-state index contributed by atoms with van der Waals surface area (Å²) in [6, 6.07) is 8.46. The van der Waals surface area contributed by atoms with Gasteiger partial charge < -0.3 is 15.0 Å². The van der Waals surface area contributed by atoms with Crippen molar-refractivity contribution in [3.05, 3.63) is 29.8 Å². The summed E-state index contributed by atoms with van der Waals surface area (Å²) in [6.07, 6.45) is 8.44. The van der Waals surface area contributed by atoms with E-state index in [1.807, 2.05) is 6.92 Å². The van der Waals surface area contributed by atoms with Crippen LogP contribution in [0.2, 0.25) is 0 Å². The fourth-order valence-electron chi connectivity index (χ4n) is 5.19. The van der Waals surface area contributed by atoms with Crippen LogP contribution in [0, 0.1) is 5.41 Å². The zero-order chi connectivity index (χ0) is 20.3. The molecule has 4 nitrogen and oxygen atoms in total. The summed E-state index contributed by atoms with van der Waals surface area (Å²) in [5, 5.41) is 3.40. The third-order valence-electron chi connectivity index (χ3n) is 7.07. The highest BCUT2D eigenvalue weighted by Gasteiger charge is 2.57. The Morgan fingerprint density at radius 1 is 1.14 bits per heavy atom. The number of hydrogen-bond donors (Lipinski definition) is 1. The van der Waals surface area contributed by atoms with Gasteiger partial charge in [-0.2, -0.15) is 0 Å². The molecule has 160 valence electrons. The van der Waals surface area contributed by atoms with E-state index >= 15 is 0 Å². The van der Waals surface area contributed by atoms with Crippen molar-refractivity contribution in [3.8, 4) is 5.75 Å². The van der Waals surface area contributed by atoms with Gasteiger partial charge in [-0.05, 0) is 76.1 Å². The first-order chi connectivity index (χ1) is 14.1. The molecule has 2 saturated heterocycles. The van der Waals surface area contributed by atoms with Gasteiger partial charge >= 0.3 is 0 Å². The number of benzene rings is 1. The number of halogens is 1. The Bertz CT molecular complexity index is 699. The molecule has 4 aliphatic rings. The van der Waals surface area contributed by atoms with Gasteiger partial charge in [0.25, 0.3) is 5.91 Å². The fourth-order valence-corrected chi connectivity index (χ4v) is 5.19. The molecule has 2 heterocycles. The van der Waals surface area contributed by atoms with Gasteiger partial charge in [-0.25, -0.2) is 4.39 Å². The van der Waals surface area contributed by atoms with E-state index in [0.29, 0.717) is 24.2 Å². The van der Waals surface area contributed by atoms with Crippen LogP contribution >= 0.6 is 0 Å². The molecule has 0 unspecified atom stereocenters. The number of alkyl halides is 1. The summed E-state index contributed by atoms with van der Waals surface area (Å²) in [6.45, 7) is 6.71. The summed E-state index contributed by atoms with van der Waals surface area (Å²) in [4.78, 5) is 13.3. The molecule has 1 N–H and O–H groups in total. The van der Waals surface area contributed by atoms with Gasteiger partial charge in [0.2, 0.25) is 0 Å². The molecule has 5 heteroatoms. The molecule has 5 rings (SSSR count). The van der Waals surface area contributed by atoms with Crippen LogP contribution in [0.5, 0.6) is 5.75 Å². The van der Waals surface area contributed by atoms with Crippen molar-refractivity contribution < 1.29 is 13.9 Å². The summed E-state index contributed by atoms with van der Waals surface area (Å²) in [5.74, 6) is 1.52. The summed E-state index contributed by atoms with van der Waals surface area (Å²) in [5.41, 5.74) is 0.349. The van der Waals surface area contributed by atoms with Crippen molar-refractivity contribution in [1.82, 2.24) is 10.2 Å². The number of rotatable bonds is 4. The Morgan fingerprint density at radius 3 is 2.41 bits per heavy atom. The molecule has 1 amide bonds. The number of likely N-dealkylation sites (tertiary alicyclic amines) is 1. The second kappa shape index (κ2) is 8.63. The summed E-state index contributed by atoms with van der Waals surface area (Å²) >= 11 is 0. The van der Waals surface area contributed by atoms with Gasteiger partial charge in [-0.15, -0.1) is 0 Å². The lowest BCUT2D eigenvalue weighted by Gasteiger charge is -2.48. The molecular formula is C24H35FN2O2. The molecule has 2 saturated carbocycles. The minimum Gasteiger partial charge on any atom is -0.494 e. The first kappa shape index (κ1) is 20.6. The zero-order valence-corrected chi connectivity index (χ0v) is 17.7. The van der Waals surface area contributed by atoms with Crippen LogP contribution < -0.4 is 10.1 Å². The highest BCUT2D eigenvalue weighted by atomic mass is 19.1. The molecule has 0 aromatic heterocycles. The lowest BCUT2D eigenvalue weighted by molar-refractivity contribution is -0.150. The maximum atomic E-state index is 13.4. The van der Waals surface area contributed by atoms with Crippen LogP contribution in [-0.2, 0) is 4.79 Å². The molecule has 4 fully saturated rings. The Balaban J connectivity index is 0.000000141. The third-order valence-corrected chi connectivity index (χ3v) is 7.07. The number of piperidine rings is 1. The van der Waals surface area contributed by atoms with Crippen molar-refractivity contribution in [2.75, 3.05) is 32.8 Å². The SMILES string of the molecule is CCOc1ccccc1C1CCNCC1.O=C(N1CC2(CCCC2)C1)C1(F)CC1. The zero-order valence-electron chi connectivity index (χ0n) is 17.7. The number of ether oxygens (including phenoxy) is 1. The maximum Gasteiger partial charge on any atom is 0.260 e. The van der Waals surface area contributed by atoms with E-state index in [1.165, 1.54) is 44.1 Å². The van der Waals surface area contributed by atoms with Crippen molar-refractivity contribution in [2.24, 2.45) is 5.41 Å². The highest BCUT2D eigenvalue weighted by molar-refractivity contribution is 5.88. The number of amides is 1. The maximum absolute atomic E-state index is 13.4. The van der Waals surface area contributed by atoms with Crippen molar-refractivity contribution >= 4 is 5.91 Å². The Hall–Kier alpha value is -1.62. The molecular weight excluding hydrogens is 367 g/mol. The fraction of sp³-hybridized carbons (Fsp3) is 0.708. The molecule has 29 heavy (non-hydrogen) atoms. The predicted molar refractivity (Wildman–Crippen MR) is 113 cm³/mol. The summed E-state index contributed by atoms with van der Waals surface area (Å²) < 4.78 is 19.1. The minimum absolute atomic E-state index is 0.227. The van der Waals surface area contributed by atoms with Gasteiger partial charge in [0, 0.05) is 18.5 Å². The lowest BCUT2D eigenvalue weighted by Crippen LogP contribution is -2.59. The van der Waals surface area contributed by atoms with E-state index in [4.69, 9.17) is 4.74 Å².